The molecule has 1 aliphatic heterocycles. The van der Waals surface area contributed by atoms with E-state index in [4.69, 9.17) is 0 Å². The van der Waals surface area contributed by atoms with Gasteiger partial charge in [-0.15, -0.1) is 0 Å². The Morgan fingerprint density at radius 1 is 1.00 bits per heavy atom. The number of carbonyl (C=O) groups excluding carboxylic acids is 3. The molecule has 4 rings (SSSR count). The Kier molecular flexibility index (Phi) is 3.81. The lowest BCUT2D eigenvalue weighted by Crippen LogP contribution is -2.29. The number of aromatic nitrogens is 2. The SMILES string of the molecule is O=C(Nc1cn[nH]c1)c1ccc(CN2C(=O)c3ccccc3C2=O)cc1. The van der Waals surface area contributed by atoms with Gasteiger partial charge in [0, 0.05) is 11.8 Å². The summed E-state index contributed by atoms with van der Waals surface area (Å²) in [6, 6.07) is 13.5. The second-order valence-electron chi connectivity index (χ2n) is 5.88. The monoisotopic (exact) mass is 346 g/mol. The van der Waals surface area contributed by atoms with Gasteiger partial charge < -0.3 is 5.32 Å². The highest BCUT2D eigenvalue weighted by Gasteiger charge is 2.34. The molecule has 0 saturated heterocycles. The van der Waals surface area contributed by atoms with E-state index in [1.165, 1.54) is 11.1 Å². The van der Waals surface area contributed by atoms with Gasteiger partial charge in [0.25, 0.3) is 17.7 Å². The van der Waals surface area contributed by atoms with Crippen LogP contribution in [0.25, 0.3) is 0 Å². The smallest absolute Gasteiger partial charge is 0.261 e. The minimum absolute atomic E-state index is 0.163. The molecule has 128 valence electrons. The van der Waals surface area contributed by atoms with E-state index < -0.39 is 0 Å². The largest absolute Gasteiger partial charge is 0.319 e. The van der Waals surface area contributed by atoms with Crippen LogP contribution in [-0.4, -0.2) is 32.8 Å². The maximum absolute atomic E-state index is 12.4. The van der Waals surface area contributed by atoms with Gasteiger partial charge in [-0.3, -0.25) is 24.4 Å². The number of hydrogen-bond acceptors (Lipinski definition) is 4. The number of imide groups is 1. The Morgan fingerprint density at radius 3 is 2.23 bits per heavy atom. The van der Waals surface area contributed by atoms with Gasteiger partial charge >= 0.3 is 0 Å². The molecule has 2 heterocycles. The number of anilines is 1. The summed E-state index contributed by atoms with van der Waals surface area (Å²) in [5, 5.41) is 9.09. The number of H-pyrrole nitrogens is 1. The number of rotatable bonds is 4. The van der Waals surface area contributed by atoms with Gasteiger partial charge in [0.1, 0.15) is 0 Å². The molecule has 3 amide bonds. The van der Waals surface area contributed by atoms with Crippen LogP contribution in [0.5, 0.6) is 0 Å². The number of carbonyl (C=O) groups is 3. The van der Waals surface area contributed by atoms with Gasteiger partial charge in [-0.05, 0) is 29.8 Å². The summed E-state index contributed by atoms with van der Waals surface area (Å²) in [5.41, 5.74) is 2.66. The number of hydrogen-bond donors (Lipinski definition) is 2. The molecule has 3 aromatic rings. The molecule has 0 spiro atoms. The van der Waals surface area contributed by atoms with Crippen LogP contribution in [0, 0.1) is 0 Å². The quantitative estimate of drug-likeness (QED) is 0.710. The Labute approximate surface area is 148 Å². The Balaban J connectivity index is 1.48. The van der Waals surface area contributed by atoms with E-state index in [2.05, 4.69) is 15.5 Å². The number of amides is 3. The highest BCUT2D eigenvalue weighted by molar-refractivity contribution is 6.21. The molecule has 26 heavy (non-hydrogen) atoms. The van der Waals surface area contributed by atoms with Crippen molar-refractivity contribution in [2.24, 2.45) is 0 Å². The van der Waals surface area contributed by atoms with Crippen LogP contribution in [0.1, 0.15) is 36.6 Å². The van der Waals surface area contributed by atoms with Crippen LogP contribution in [0.4, 0.5) is 5.69 Å². The van der Waals surface area contributed by atoms with E-state index in [0.717, 1.165) is 5.56 Å². The van der Waals surface area contributed by atoms with Crippen molar-refractivity contribution < 1.29 is 14.4 Å². The molecule has 7 nitrogen and oxygen atoms in total. The molecule has 2 N–H and O–H groups in total. The summed E-state index contributed by atoms with van der Waals surface area (Å²) in [4.78, 5) is 38.2. The molecule has 0 aliphatic carbocycles. The van der Waals surface area contributed by atoms with Crippen LogP contribution in [0.3, 0.4) is 0 Å². The third-order valence-electron chi connectivity index (χ3n) is 4.19. The molecule has 0 bridgehead atoms. The standard InChI is InChI=1S/C19H14N4O3/c24-17(22-14-9-20-21-10-14)13-7-5-12(6-8-13)11-23-18(25)15-3-1-2-4-16(15)19(23)26/h1-10H,11H2,(H,20,21)(H,22,24). The van der Waals surface area contributed by atoms with E-state index in [9.17, 15) is 14.4 Å². The first-order valence-electron chi connectivity index (χ1n) is 7.98. The lowest BCUT2D eigenvalue weighted by molar-refractivity contribution is 0.0642. The van der Waals surface area contributed by atoms with Crippen LogP contribution in [0.2, 0.25) is 0 Å². The molecule has 0 unspecified atom stereocenters. The Bertz CT molecular complexity index is 959. The van der Waals surface area contributed by atoms with Gasteiger partial charge in [-0.2, -0.15) is 5.10 Å². The van der Waals surface area contributed by atoms with Crippen molar-refractivity contribution in [1.29, 1.82) is 0 Å². The van der Waals surface area contributed by atoms with Crippen molar-refractivity contribution in [2.45, 2.75) is 6.54 Å². The lowest BCUT2D eigenvalue weighted by Gasteiger charge is -2.14. The van der Waals surface area contributed by atoms with E-state index in [0.29, 0.717) is 22.4 Å². The first-order valence-corrected chi connectivity index (χ1v) is 7.98. The molecule has 1 aliphatic rings. The minimum Gasteiger partial charge on any atom is -0.319 e. The van der Waals surface area contributed by atoms with Crippen molar-refractivity contribution in [1.82, 2.24) is 15.1 Å². The van der Waals surface area contributed by atoms with Crippen molar-refractivity contribution in [2.75, 3.05) is 5.32 Å². The second kappa shape index (κ2) is 6.29. The van der Waals surface area contributed by atoms with Gasteiger partial charge in [-0.25, -0.2) is 0 Å². The zero-order valence-corrected chi connectivity index (χ0v) is 13.6. The van der Waals surface area contributed by atoms with Crippen LogP contribution < -0.4 is 5.32 Å². The van der Waals surface area contributed by atoms with Crippen molar-refractivity contribution in [3.63, 3.8) is 0 Å². The first kappa shape index (κ1) is 15.8. The fourth-order valence-corrected chi connectivity index (χ4v) is 2.85. The van der Waals surface area contributed by atoms with Crippen LogP contribution >= 0.6 is 0 Å². The van der Waals surface area contributed by atoms with Gasteiger partial charge in [-0.1, -0.05) is 24.3 Å². The molecular formula is C19H14N4O3. The minimum atomic E-state index is -0.299. The number of fused-ring (bicyclic) bond motifs is 1. The van der Waals surface area contributed by atoms with E-state index >= 15 is 0 Å². The highest BCUT2D eigenvalue weighted by atomic mass is 16.2. The molecule has 1 aromatic heterocycles. The number of benzene rings is 2. The lowest BCUT2D eigenvalue weighted by atomic mass is 10.1. The molecule has 2 aromatic carbocycles. The zero-order valence-electron chi connectivity index (χ0n) is 13.6. The molecule has 0 fully saturated rings. The predicted octanol–water partition coefficient (Wildman–Crippen LogP) is 2.46. The topological polar surface area (TPSA) is 95.2 Å². The summed E-state index contributed by atoms with van der Waals surface area (Å²) in [6.45, 7) is 0.163. The molecular weight excluding hydrogens is 332 g/mol. The Hall–Kier alpha value is -3.74. The summed E-state index contributed by atoms with van der Waals surface area (Å²) in [5.74, 6) is -0.863. The average molecular weight is 346 g/mol. The highest BCUT2D eigenvalue weighted by Crippen LogP contribution is 2.24. The van der Waals surface area contributed by atoms with E-state index in [1.54, 1.807) is 54.7 Å². The maximum Gasteiger partial charge on any atom is 0.261 e. The maximum atomic E-state index is 12.4. The summed E-state index contributed by atoms with van der Waals surface area (Å²) in [7, 11) is 0. The molecule has 0 radical (unpaired) electrons. The molecule has 7 heteroatoms. The van der Waals surface area contributed by atoms with Gasteiger partial charge in [0.05, 0.1) is 29.6 Å². The number of nitrogens with zero attached hydrogens (tertiary/aromatic N) is 2. The third-order valence-corrected chi connectivity index (χ3v) is 4.19. The second-order valence-corrected chi connectivity index (χ2v) is 5.88. The fourth-order valence-electron chi connectivity index (χ4n) is 2.85. The summed E-state index contributed by atoms with van der Waals surface area (Å²) in [6.07, 6.45) is 3.09. The van der Waals surface area contributed by atoms with Gasteiger partial charge in [0.15, 0.2) is 0 Å². The normalized spacial score (nSPS) is 13.0. The Morgan fingerprint density at radius 2 is 1.65 bits per heavy atom. The summed E-state index contributed by atoms with van der Waals surface area (Å²) < 4.78 is 0. The molecule has 0 atom stereocenters. The van der Waals surface area contributed by atoms with Gasteiger partial charge in [0.2, 0.25) is 0 Å². The number of nitrogens with one attached hydrogen (secondary N) is 2. The van der Waals surface area contributed by atoms with E-state index in [-0.39, 0.29) is 24.3 Å². The third kappa shape index (κ3) is 2.75. The summed E-state index contributed by atoms with van der Waals surface area (Å²) >= 11 is 0. The number of aromatic amines is 1. The first-order chi connectivity index (χ1) is 12.6. The van der Waals surface area contributed by atoms with E-state index in [1.807, 2.05) is 0 Å². The zero-order chi connectivity index (χ0) is 18.1. The predicted molar refractivity (Wildman–Crippen MR) is 93.6 cm³/mol. The van der Waals surface area contributed by atoms with Crippen molar-refractivity contribution in [3.05, 3.63) is 83.2 Å². The molecule has 0 saturated carbocycles. The average Bonchev–Trinajstić information content (AvgIpc) is 3.25. The van der Waals surface area contributed by atoms with Crippen molar-refractivity contribution in [3.8, 4) is 0 Å². The van der Waals surface area contributed by atoms with Crippen molar-refractivity contribution >= 4 is 23.4 Å². The fraction of sp³-hybridized carbons (Fsp3) is 0.0526. The van der Waals surface area contributed by atoms with Crippen LogP contribution in [0.15, 0.2) is 60.9 Å². The van der Waals surface area contributed by atoms with Crippen LogP contribution in [-0.2, 0) is 6.54 Å².